The summed E-state index contributed by atoms with van der Waals surface area (Å²) in [4.78, 5) is 36.4. The molecule has 1 aliphatic rings. The molecule has 0 amide bonds. The molecule has 150 valence electrons. The fourth-order valence-corrected chi connectivity index (χ4v) is 2.64. The van der Waals surface area contributed by atoms with Crippen LogP contribution in [0.4, 0.5) is 4.79 Å². The first-order chi connectivity index (χ1) is 12.5. The molecule has 1 saturated heterocycles. The van der Waals surface area contributed by atoms with Crippen molar-refractivity contribution in [1.82, 2.24) is 4.90 Å². The van der Waals surface area contributed by atoms with Crippen LogP contribution in [0.5, 0.6) is 0 Å². The highest BCUT2D eigenvalue weighted by atomic mass is 32.2. The van der Waals surface area contributed by atoms with Gasteiger partial charge >= 0.3 is 17.2 Å². The summed E-state index contributed by atoms with van der Waals surface area (Å²) in [6.07, 6.45) is 1.89. The minimum Gasteiger partial charge on any atom is -0.465 e. The fraction of sp³-hybridized carbons (Fsp3) is 0.812. The standard InChI is InChI=1S/C16H28N2O7S/c1-2-14(19)24-12-25-16(21)26-11-13(17)15(20)23-8-4-3-5-18-6-9-22-10-7-18/h13H,2-12,17H2,1H3/t13-/m0/s1. The SMILES string of the molecule is CCC(=O)OCOC(=O)SC[C@H](N)C(=O)OCCCCN1CCOCC1. The molecule has 0 aromatic heterocycles. The van der Waals surface area contributed by atoms with Crippen molar-refractivity contribution >= 4 is 29.0 Å². The summed E-state index contributed by atoms with van der Waals surface area (Å²) in [6, 6.07) is -0.912. The van der Waals surface area contributed by atoms with E-state index in [2.05, 4.69) is 14.4 Å². The number of morpholine rings is 1. The van der Waals surface area contributed by atoms with Gasteiger partial charge in [0.25, 0.3) is 0 Å². The average Bonchev–Trinajstić information content (AvgIpc) is 2.66. The van der Waals surface area contributed by atoms with Crippen LogP contribution in [-0.2, 0) is 28.5 Å². The Morgan fingerprint density at radius 1 is 1.15 bits per heavy atom. The molecule has 26 heavy (non-hydrogen) atoms. The quantitative estimate of drug-likeness (QED) is 0.306. The van der Waals surface area contributed by atoms with Gasteiger partial charge in [0.1, 0.15) is 6.04 Å². The summed E-state index contributed by atoms with van der Waals surface area (Å²) in [5, 5.41) is -0.664. The normalized spacial score (nSPS) is 15.9. The number of nitrogens with zero attached hydrogens (tertiary/aromatic N) is 1. The first-order valence-corrected chi connectivity index (χ1v) is 9.69. The highest BCUT2D eigenvalue weighted by Crippen LogP contribution is 2.08. The Labute approximate surface area is 157 Å². The first-order valence-electron chi connectivity index (χ1n) is 8.70. The van der Waals surface area contributed by atoms with E-state index in [1.165, 1.54) is 0 Å². The van der Waals surface area contributed by atoms with Crippen LogP contribution in [-0.4, -0.2) is 80.2 Å². The summed E-state index contributed by atoms with van der Waals surface area (Å²) in [7, 11) is 0. The van der Waals surface area contributed by atoms with Crippen molar-refractivity contribution in [2.75, 3.05) is 52.0 Å². The monoisotopic (exact) mass is 392 g/mol. The number of carbonyl (C=O) groups excluding carboxylic acids is 3. The number of nitrogens with two attached hydrogens (primary N) is 1. The lowest BCUT2D eigenvalue weighted by Gasteiger charge is -2.26. The largest absolute Gasteiger partial charge is 0.465 e. The smallest absolute Gasteiger partial charge is 0.370 e. The minimum atomic E-state index is -0.912. The number of thioether (sulfide) groups is 1. The second-order valence-corrected chi connectivity index (χ2v) is 6.58. The van der Waals surface area contributed by atoms with E-state index in [-0.39, 0.29) is 12.2 Å². The van der Waals surface area contributed by atoms with Gasteiger partial charge in [-0.15, -0.1) is 0 Å². The first kappa shape index (κ1) is 22.7. The van der Waals surface area contributed by atoms with Gasteiger partial charge in [-0.05, 0) is 31.1 Å². The van der Waals surface area contributed by atoms with E-state index >= 15 is 0 Å². The third kappa shape index (κ3) is 10.6. The molecule has 0 saturated carbocycles. The lowest BCUT2D eigenvalue weighted by molar-refractivity contribution is -0.151. The molecule has 1 atom stereocenters. The molecule has 0 unspecified atom stereocenters. The Morgan fingerprint density at radius 3 is 2.58 bits per heavy atom. The van der Waals surface area contributed by atoms with Crippen LogP contribution in [0.1, 0.15) is 26.2 Å². The summed E-state index contributed by atoms with van der Waals surface area (Å²) < 4.78 is 19.7. The number of ether oxygens (including phenoxy) is 4. The number of esters is 2. The van der Waals surface area contributed by atoms with Crippen LogP contribution < -0.4 is 5.73 Å². The van der Waals surface area contributed by atoms with Gasteiger partial charge in [0.15, 0.2) is 0 Å². The second-order valence-electron chi connectivity index (χ2n) is 5.63. The highest BCUT2D eigenvalue weighted by molar-refractivity contribution is 8.13. The molecule has 0 radical (unpaired) electrons. The number of unbranched alkanes of at least 4 members (excludes halogenated alkanes) is 1. The number of carbonyl (C=O) groups is 3. The summed E-state index contributed by atoms with van der Waals surface area (Å²) in [5.74, 6) is -0.974. The Morgan fingerprint density at radius 2 is 1.88 bits per heavy atom. The highest BCUT2D eigenvalue weighted by Gasteiger charge is 2.18. The van der Waals surface area contributed by atoms with E-state index in [1.807, 2.05) is 0 Å². The zero-order valence-electron chi connectivity index (χ0n) is 15.1. The molecular formula is C16H28N2O7S. The van der Waals surface area contributed by atoms with Crippen molar-refractivity contribution in [1.29, 1.82) is 0 Å². The van der Waals surface area contributed by atoms with Gasteiger partial charge in [-0.25, -0.2) is 4.79 Å². The molecule has 0 spiro atoms. The fourth-order valence-electron chi connectivity index (χ4n) is 2.05. The lowest BCUT2D eigenvalue weighted by atomic mass is 10.3. The van der Waals surface area contributed by atoms with Crippen molar-refractivity contribution in [3.8, 4) is 0 Å². The number of rotatable bonds is 11. The predicted octanol–water partition coefficient (Wildman–Crippen LogP) is 0.750. The Bertz CT molecular complexity index is 444. The molecule has 2 N–H and O–H groups in total. The predicted molar refractivity (Wildman–Crippen MR) is 95.6 cm³/mol. The molecule has 0 aliphatic carbocycles. The topological polar surface area (TPSA) is 117 Å². The summed E-state index contributed by atoms with van der Waals surface area (Å²) in [5.41, 5.74) is 5.68. The van der Waals surface area contributed by atoms with E-state index < -0.39 is 30.1 Å². The van der Waals surface area contributed by atoms with Crippen LogP contribution in [0, 0.1) is 0 Å². The molecule has 1 heterocycles. The van der Waals surface area contributed by atoms with Crippen molar-refractivity contribution in [3.05, 3.63) is 0 Å². The average molecular weight is 392 g/mol. The molecule has 9 nitrogen and oxygen atoms in total. The van der Waals surface area contributed by atoms with Gasteiger partial charge in [-0.3, -0.25) is 14.5 Å². The van der Waals surface area contributed by atoms with Gasteiger partial charge in [0.05, 0.1) is 19.8 Å². The van der Waals surface area contributed by atoms with Crippen molar-refractivity contribution in [2.24, 2.45) is 5.73 Å². The van der Waals surface area contributed by atoms with Crippen molar-refractivity contribution in [3.63, 3.8) is 0 Å². The third-order valence-corrected chi connectivity index (χ3v) is 4.46. The van der Waals surface area contributed by atoms with Crippen LogP contribution in [0.15, 0.2) is 0 Å². The van der Waals surface area contributed by atoms with Crippen LogP contribution in [0.25, 0.3) is 0 Å². The minimum absolute atomic E-state index is 0.0349. The van der Waals surface area contributed by atoms with Crippen LogP contribution in [0.2, 0.25) is 0 Å². The zero-order valence-corrected chi connectivity index (χ0v) is 16.0. The third-order valence-electron chi connectivity index (χ3n) is 3.59. The van der Waals surface area contributed by atoms with Gasteiger partial charge in [-0.1, -0.05) is 6.92 Å². The van der Waals surface area contributed by atoms with Crippen molar-refractivity contribution in [2.45, 2.75) is 32.2 Å². The maximum absolute atomic E-state index is 11.8. The molecule has 10 heteroatoms. The molecule has 0 aromatic carbocycles. The van der Waals surface area contributed by atoms with Gasteiger partial charge in [0.2, 0.25) is 6.79 Å². The molecule has 0 aromatic rings. The Balaban J connectivity index is 2.01. The van der Waals surface area contributed by atoms with Crippen molar-refractivity contribution < 1.29 is 33.3 Å². The maximum Gasteiger partial charge on any atom is 0.370 e. The maximum atomic E-state index is 11.8. The van der Waals surface area contributed by atoms with E-state index in [9.17, 15) is 14.4 Å². The Hall–Kier alpha value is -1.36. The Kier molecular flexibility index (Phi) is 12.0. The van der Waals surface area contributed by atoms with E-state index in [1.54, 1.807) is 6.92 Å². The van der Waals surface area contributed by atoms with E-state index in [0.717, 1.165) is 57.5 Å². The second kappa shape index (κ2) is 13.8. The molecule has 1 fully saturated rings. The number of hydrogen-bond donors (Lipinski definition) is 1. The summed E-state index contributed by atoms with van der Waals surface area (Å²) in [6.45, 7) is 5.87. The lowest BCUT2D eigenvalue weighted by Crippen LogP contribution is -2.37. The number of hydrogen-bond acceptors (Lipinski definition) is 10. The summed E-state index contributed by atoms with van der Waals surface area (Å²) >= 11 is 0.738. The van der Waals surface area contributed by atoms with Crippen LogP contribution >= 0.6 is 11.8 Å². The van der Waals surface area contributed by atoms with Gasteiger partial charge in [-0.2, -0.15) is 0 Å². The van der Waals surface area contributed by atoms with E-state index in [4.69, 9.17) is 15.2 Å². The van der Waals surface area contributed by atoms with Gasteiger partial charge in [0, 0.05) is 25.3 Å². The van der Waals surface area contributed by atoms with Gasteiger partial charge < -0.3 is 24.7 Å². The van der Waals surface area contributed by atoms with E-state index in [0.29, 0.717) is 6.61 Å². The molecule has 1 aliphatic heterocycles. The molecule has 0 bridgehead atoms. The molecule has 1 rings (SSSR count). The molecular weight excluding hydrogens is 364 g/mol. The zero-order chi connectivity index (χ0) is 19.2. The van der Waals surface area contributed by atoms with Crippen LogP contribution in [0.3, 0.4) is 0 Å².